The summed E-state index contributed by atoms with van der Waals surface area (Å²) in [5, 5.41) is 1.22. The Labute approximate surface area is 133 Å². The van der Waals surface area contributed by atoms with Crippen molar-refractivity contribution in [2.45, 2.75) is 53.5 Å². The highest BCUT2D eigenvalue weighted by atomic mass is 16.2. The molecular formula is C19H28N2O. The number of amides is 1. The third-order valence-corrected chi connectivity index (χ3v) is 4.50. The maximum atomic E-state index is 12.9. The summed E-state index contributed by atoms with van der Waals surface area (Å²) < 4.78 is 2.16. The van der Waals surface area contributed by atoms with Crippen molar-refractivity contribution in [3.05, 3.63) is 35.0 Å². The quantitative estimate of drug-likeness (QED) is 0.776. The molecule has 0 fully saturated rings. The molecule has 0 saturated carbocycles. The van der Waals surface area contributed by atoms with E-state index in [0.717, 1.165) is 43.6 Å². The topological polar surface area (TPSA) is 25.2 Å². The van der Waals surface area contributed by atoms with Gasteiger partial charge in [0.15, 0.2) is 0 Å². The molecule has 1 aromatic heterocycles. The van der Waals surface area contributed by atoms with E-state index in [1.807, 2.05) is 11.9 Å². The van der Waals surface area contributed by atoms with Crippen molar-refractivity contribution in [3.63, 3.8) is 0 Å². The number of nitrogens with zero attached hydrogens (tertiary/aromatic N) is 2. The summed E-state index contributed by atoms with van der Waals surface area (Å²) in [6, 6.07) is 6.57. The van der Waals surface area contributed by atoms with Gasteiger partial charge in [-0.2, -0.15) is 0 Å². The Morgan fingerprint density at radius 3 is 2.55 bits per heavy atom. The van der Waals surface area contributed by atoms with E-state index in [1.165, 1.54) is 16.5 Å². The lowest BCUT2D eigenvalue weighted by molar-refractivity contribution is 0.0782. The molecule has 0 N–H and O–H groups in total. The molecule has 0 atom stereocenters. The van der Waals surface area contributed by atoms with Crippen molar-refractivity contribution in [1.82, 2.24) is 9.47 Å². The monoisotopic (exact) mass is 300 g/mol. The van der Waals surface area contributed by atoms with Crippen LogP contribution in [0.15, 0.2) is 18.2 Å². The standard InChI is InChI=1S/C19H28N2O/c1-6-9-12-20(5)19(22)18-14(4)16-13-15(7-2)10-11-17(16)21(18)8-3/h10-11,13H,6-9,12H2,1-5H3. The molecule has 3 nitrogen and oxygen atoms in total. The van der Waals surface area contributed by atoms with Crippen molar-refractivity contribution in [1.29, 1.82) is 0 Å². The fourth-order valence-corrected chi connectivity index (χ4v) is 3.07. The van der Waals surface area contributed by atoms with Gasteiger partial charge in [0, 0.05) is 31.0 Å². The molecule has 1 aromatic carbocycles. The number of hydrogen-bond acceptors (Lipinski definition) is 1. The summed E-state index contributed by atoms with van der Waals surface area (Å²) in [7, 11) is 1.91. The Bertz CT molecular complexity index is 670. The lowest BCUT2D eigenvalue weighted by atomic mass is 10.1. The Hall–Kier alpha value is -1.77. The molecule has 22 heavy (non-hydrogen) atoms. The average molecular weight is 300 g/mol. The van der Waals surface area contributed by atoms with Crippen molar-refractivity contribution >= 4 is 16.8 Å². The molecule has 0 spiro atoms. The van der Waals surface area contributed by atoms with Gasteiger partial charge < -0.3 is 9.47 Å². The number of rotatable bonds is 6. The van der Waals surface area contributed by atoms with Gasteiger partial charge in [0.25, 0.3) is 5.91 Å². The molecule has 0 aliphatic rings. The Balaban J connectivity index is 2.52. The van der Waals surface area contributed by atoms with Gasteiger partial charge in [0.2, 0.25) is 0 Å². The predicted octanol–water partition coefficient (Wildman–Crippen LogP) is 4.40. The summed E-state index contributed by atoms with van der Waals surface area (Å²) in [5.41, 5.74) is 4.46. The van der Waals surface area contributed by atoms with Gasteiger partial charge in [-0.3, -0.25) is 4.79 Å². The van der Waals surface area contributed by atoms with Crippen LogP contribution in [0.3, 0.4) is 0 Å². The van der Waals surface area contributed by atoms with Gasteiger partial charge in [0.1, 0.15) is 5.69 Å². The van der Waals surface area contributed by atoms with Crippen LogP contribution >= 0.6 is 0 Å². The van der Waals surface area contributed by atoms with Gasteiger partial charge in [0.05, 0.1) is 0 Å². The second-order valence-corrected chi connectivity index (χ2v) is 6.00. The maximum absolute atomic E-state index is 12.9. The first kappa shape index (κ1) is 16.6. The first-order valence-electron chi connectivity index (χ1n) is 8.42. The molecule has 0 bridgehead atoms. The van der Waals surface area contributed by atoms with Gasteiger partial charge >= 0.3 is 0 Å². The number of fused-ring (bicyclic) bond motifs is 1. The predicted molar refractivity (Wildman–Crippen MR) is 93.6 cm³/mol. The lowest BCUT2D eigenvalue weighted by Gasteiger charge is -2.18. The largest absolute Gasteiger partial charge is 0.340 e. The number of hydrogen-bond donors (Lipinski definition) is 0. The second-order valence-electron chi connectivity index (χ2n) is 6.00. The maximum Gasteiger partial charge on any atom is 0.270 e. The van der Waals surface area contributed by atoms with Gasteiger partial charge in [-0.15, -0.1) is 0 Å². The fourth-order valence-electron chi connectivity index (χ4n) is 3.07. The Morgan fingerprint density at radius 1 is 1.23 bits per heavy atom. The molecule has 1 heterocycles. The van der Waals surface area contributed by atoms with Crippen LogP contribution in [-0.4, -0.2) is 29.0 Å². The summed E-state index contributed by atoms with van der Waals surface area (Å²) in [4.78, 5) is 14.7. The zero-order valence-electron chi connectivity index (χ0n) is 14.6. The molecule has 1 amide bonds. The van der Waals surface area contributed by atoms with E-state index in [1.54, 1.807) is 0 Å². The van der Waals surface area contributed by atoms with Gasteiger partial charge in [-0.25, -0.2) is 0 Å². The minimum absolute atomic E-state index is 0.141. The third-order valence-electron chi connectivity index (χ3n) is 4.50. The van der Waals surface area contributed by atoms with Gasteiger partial charge in [-0.05, 0) is 49.9 Å². The Kier molecular flexibility index (Phi) is 5.28. The van der Waals surface area contributed by atoms with E-state index in [0.29, 0.717) is 0 Å². The van der Waals surface area contributed by atoms with Crippen LogP contribution in [0, 0.1) is 6.92 Å². The molecule has 2 aromatic rings. The van der Waals surface area contributed by atoms with Crippen LogP contribution in [-0.2, 0) is 13.0 Å². The van der Waals surface area contributed by atoms with E-state index in [2.05, 4.69) is 50.5 Å². The van der Waals surface area contributed by atoms with E-state index in [4.69, 9.17) is 0 Å². The molecule has 0 radical (unpaired) electrons. The van der Waals surface area contributed by atoms with Crippen molar-refractivity contribution in [3.8, 4) is 0 Å². The minimum atomic E-state index is 0.141. The van der Waals surface area contributed by atoms with E-state index in [-0.39, 0.29) is 5.91 Å². The molecule has 120 valence electrons. The molecule has 0 unspecified atom stereocenters. The summed E-state index contributed by atoms with van der Waals surface area (Å²) >= 11 is 0. The zero-order valence-corrected chi connectivity index (χ0v) is 14.6. The number of carbonyl (C=O) groups excluding carboxylic acids is 1. The normalized spacial score (nSPS) is 11.1. The van der Waals surface area contributed by atoms with Crippen LogP contribution in [0.1, 0.15) is 55.2 Å². The van der Waals surface area contributed by atoms with Crippen molar-refractivity contribution in [2.24, 2.45) is 0 Å². The van der Waals surface area contributed by atoms with Crippen LogP contribution in [0.4, 0.5) is 0 Å². The first-order valence-corrected chi connectivity index (χ1v) is 8.42. The van der Waals surface area contributed by atoms with Crippen LogP contribution in [0.2, 0.25) is 0 Å². The van der Waals surface area contributed by atoms with E-state index >= 15 is 0 Å². The van der Waals surface area contributed by atoms with Crippen molar-refractivity contribution in [2.75, 3.05) is 13.6 Å². The summed E-state index contributed by atoms with van der Waals surface area (Å²) in [6.07, 6.45) is 3.17. The number of aromatic nitrogens is 1. The first-order chi connectivity index (χ1) is 10.5. The van der Waals surface area contributed by atoms with E-state index < -0.39 is 0 Å². The van der Waals surface area contributed by atoms with Crippen LogP contribution in [0.5, 0.6) is 0 Å². The SMILES string of the molecule is CCCCN(C)C(=O)c1c(C)c2cc(CC)ccc2n1CC. The fraction of sp³-hybridized carbons (Fsp3) is 0.526. The number of unbranched alkanes of at least 4 members (excludes halogenated alkanes) is 1. The van der Waals surface area contributed by atoms with E-state index in [9.17, 15) is 4.79 Å². The molecule has 0 aliphatic carbocycles. The molecule has 3 heteroatoms. The van der Waals surface area contributed by atoms with Crippen LogP contribution < -0.4 is 0 Å². The molecule has 2 rings (SSSR count). The van der Waals surface area contributed by atoms with Crippen LogP contribution in [0.25, 0.3) is 10.9 Å². The molecule has 0 aliphatic heterocycles. The molecule has 0 saturated heterocycles. The highest BCUT2D eigenvalue weighted by Gasteiger charge is 2.22. The summed E-state index contributed by atoms with van der Waals surface area (Å²) in [6.45, 7) is 10.1. The molecular weight excluding hydrogens is 272 g/mol. The zero-order chi connectivity index (χ0) is 16.3. The highest BCUT2D eigenvalue weighted by Crippen LogP contribution is 2.28. The van der Waals surface area contributed by atoms with Gasteiger partial charge in [-0.1, -0.05) is 26.3 Å². The van der Waals surface area contributed by atoms with Crippen molar-refractivity contribution < 1.29 is 4.79 Å². The second kappa shape index (κ2) is 6.99. The lowest BCUT2D eigenvalue weighted by Crippen LogP contribution is -2.30. The Morgan fingerprint density at radius 2 is 1.95 bits per heavy atom. The third kappa shape index (κ3) is 2.90. The number of benzene rings is 1. The summed E-state index contributed by atoms with van der Waals surface area (Å²) in [5.74, 6) is 0.141. The number of aryl methyl sites for hydroxylation is 3. The highest BCUT2D eigenvalue weighted by molar-refractivity contribution is 6.01. The minimum Gasteiger partial charge on any atom is -0.340 e. The smallest absolute Gasteiger partial charge is 0.270 e. The average Bonchev–Trinajstić information content (AvgIpc) is 2.83. The number of carbonyl (C=O) groups is 1.